The zero-order valence-electron chi connectivity index (χ0n) is 13.1. The minimum Gasteiger partial charge on any atom is -0.377 e. The number of nitro groups is 1. The maximum Gasteiger partial charge on any atom is 0.282 e. The van der Waals surface area contributed by atoms with Crippen LogP contribution in [0.2, 0.25) is 0 Å². The highest BCUT2D eigenvalue weighted by molar-refractivity contribution is 9.10. The molecule has 0 saturated heterocycles. The third-order valence-corrected chi connectivity index (χ3v) is 3.81. The van der Waals surface area contributed by atoms with Crippen LogP contribution in [0.3, 0.4) is 0 Å². The van der Waals surface area contributed by atoms with Crippen LogP contribution < -0.4 is 10.3 Å². The van der Waals surface area contributed by atoms with Crippen molar-refractivity contribution in [2.45, 2.75) is 0 Å². The van der Waals surface area contributed by atoms with Crippen molar-refractivity contribution >= 4 is 39.4 Å². The van der Waals surface area contributed by atoms with Crippen molar-refractivity contribution < 1.29 is 9.72 Å². The lowest BCUT2D eigenvalue weighted by molar-refractivity contribution is -0.385. The molecule has 0 aliphatic carbocycles. The van der Waals surface area contributed by atoms with Gasteiger partial charge in [0.25, 0.3) is 11.6 Å². The van der Waals surface area contributed by atoms with Gasteiger partial charge in [-0.05, 0) is 39.7 Å². The van der Waals surface area contributed by atoms with Crippen molar-refractivity contribution in [1.82, 2.24) is 5.43 Å². The number of carbonyl (C=O) groups is 1. The lowest BCUT2D eigenvalue weighted by Crippen LogP contribution is -2.19. The number of halogens is 1. The Morgan fingerprint density at radius 3 is 2.62 bits per heavy atom. The number of benzene rings is 2. The Morgan fingerprint density at radius 1 is 1.29 bits per heavy atom. The number of hydrazone groups is 1. The van der Waals surface area contributed by atoms with Crippen molar-refractivity contribution in [2.24, 2.45) is 5.10 Å². The number of amides is 1. The first kappa shape index (κ1) is 17.6. The number of rotatable bonds is 5. The summed E-state index contributed by atoms with van der Waals surface area (Å²) in [5.41, 5.74) is 3.78. The molecule has 8 heteroatoms. The van der Waals surface area contributed by atoms with Crippen LogP contribution in [0.1, 0.15) is 15.9 Å². The summed E-state index contributed by atoms with van der Waals surface area (Å²) in [6.45, 7) is 0. The van der Waals surface area contributed by atoms with E-state index in [0.29, 0.717) is 0 Å². The van der Waals surface area contributed by atoms with Crippen molar-refractivity contribution in [3.63, 3.8) is 0 Å². The number of nitro benzene ring substituents is 1. The monoisotopic (exact) mass is 390 g/mol. The van der Waals surface area contributed by atoms with Gasteiger partial charge in [-0.2, -0.15) is 5.10 Å². The molecular formula is C16H15BrN4O3. The summed E-state index contributed by atoms with van der Waals surface area (Å²) < 4.78 is 0.890. The SMILES string of the molecule is CN(C)c1ccc(/C=N\NC(=O)c2ccccc2[N+](=O)[O-])cc1Br. The van der Waals surface area contributed by atoms with Gasteiger partial charge in [0.05, 0.1) is 16.8 Å². The van der Waals surface area contributed by atoms with Gasteiger partial charge in [-0.3, -0.25) is 14.9 Å². The molecule has 0 fully saturated rings. The van der Waals surface area contributed by atoms with Gasteiger partial charge < -0.3 is 4.90 Å². The predicted octanol–water partition coefficient (Wildman–Crippen LogP) is 3.19. The highest BCUT2D eigenvalue weighted by Gasteiger charge is 2.18. The van der Waals surface area contributed by atoms with Crippen LogP contribution in [-0.4, -0.2) is 31.1 Å². The second-order valence-corrected chi connectivity index (χ2v) is 5.93. The van der Waals surface area contributed by atoms with E-state index >= 15 is 0 Å². The van der Waals surface area contributed by atoms with Crippen LogP contribution in [0.5, 0.6) is 0 Å². The normalized spacial score (nSPS) is 10.6. The van der Waals surface area contributed by atoms with Crippen LogP contribution in [0.25, 0.3) is 0 Å². The average molecular weight is 391 g/mol. The van der Waals surface area contributed by atoms with Gasteiger partial charge in [0.2, 0.25) is 0 Å². The molecule has 0 aliphatic rings. The van der Waals surface area contributed by atoms with Gasteiger partial charge in [-0.1, -0.05) is 18.2 Å². The molecule has 0 heterocycles. The molecule has 2 rings (SSSR count). The molecule has 0 aromatic heterocycles. The highest BCUT2D eigenvalue weighted by Crippen LogP contribution is 2.25. The summed E-state index contributed by atoms with van der Waals surface area (Å²) >= 11 is 3.47. The third-order valence-electron chi connectivity index (χ3n) is 3.18. The molecule has 1 N–H and O–H groups in total. The number of para-hydroxylation sites is 1. The Hall–Kier alpha value is -2.74. The van der Waals surface area contributed by atoms with E-state index in [-0.39, 0.29) is 11.3 Å². The largest absolute Gasteiger partial charge is 0.377 e. The van der Waals surface area contributed by atoms with Crippen molar-refractivity contribution in [2.75, 3.05) is 19.0 Å². The summed E-state index contributed by atoms with van der Waals surface area (Å²) in [4.78, 5) is 24.3. The molecule has 1 amide bonds. The molecule has 0 unspecified atom stereocenters. The molecule has 0 bridgehead atoms. The molecule has 0 atom stereocenters. The smallest absolute Gasteiger partial charge is 0.282 e. The van der Waals surface area contributed by atoms with Gasteiger partial charge in [-0.25, -0.2) is 5.43 Å². The zero-order chi connectivity index (χ0) is 17.7. The fourth-order valence-electron chi connectivity index (χ4n) is 2.02. The Labute approximate surface area is 147 Å². The second kappa shape index (κ2) is 7.69. The number of hydrogen-bond donors (Lipinski definition) is 1. The van der Waals surface area contributed by atoms with Gasteiger partial charge in [0, 0.05) is 24.6 Å². The van der Waals surface area contributed by atoms with Gasteiger partial charge in [0.1, 0.15) is 5.56 Å². The molecule has 0 aliphatic heterocycles. The topological polar surface area (TPSA) is 87.8 Å². The molecule has 0 spiro atoms. The summed E-state index contributed by atoms with van der Waals surface area (Å²) in [6.07, 6.45) is 1.47. The predicted molar refractivity (Wildman–Crippen MR) is 96.6 cm³/mol. The number of anilines is 1. The van der Waals surface area contributed by atoms with Gasteiger partial charge >= 0.3 is 0 Å². The zero-order valence-corrected chi connectivity index (χ0v) is 14.6. The number of carbonyl (C=O) groups excluding carboxylic acids is 1. The summed E-state index contributed by atoms with van der Waals surface area (Å²) in [5.74, 6) is -0.637. The minimum absolute atomic E-state index is 0.0382. The Kier molecular flexibility index (Phi) is 5.64. The van der Waals surface area contributed by atoms with Crippen molar-refractivity contribution in [3.05, 3.63) is 68.2 Å². The van der Waals surface area contributed by atoms with Crippen LogP contribution in [0, 0.1) is 10.1 Å². The quantitative estimate of drug-likeness (QED) is 0.482. The van der Waals surface area contributed by atoms with Crippen LogP contribution in [0.4, 0.5) is 11.4 Å². The minimum atomic E-state index is -0.637. The Morgan fingerprint density at radius 2 is 2.00 bits per heavy atom. The van der Waals surface area contributed by atoms with Crippen molar-refractivity contribution in [1.29, 1.82) is 0 Å². The molecule has 0 saturated carbocycles. The Balaban J connectivity index is 2.11. The molecule has 24 heavy (non-hydrogen) atoms. The van der Waals surface area contributed by atoms with Crippen molar-refractivity contribution in [3.8, 4) is 0 Å². The molecular weight excluding hydrogens is 376 g/mol. The van der Waals surface area contributed by atoms with E-state index in [1.54, 1.807) is 6.07 Å². The fraction of sp³-hybridized carbons (Fsp3) is 0.125. The standard InChI is InChI=1S/C16H15BrN4O3/c1-20(2)15-8-7-11(9-13(15)17)10-18-19-16(22)12-5-3-4-6-14(12)21(23)24/h3-10H,1-2H3,(H,19,22)/b18-10-. The molecule has 0 radical (unpaired) electrons. The number of hydrogen-bond acceptors (Lipinski definition) is 5. The van der Waals surface area contributed by atoms with Crippen LogP contribution >= 0.6 is 15.9 Å². The van der Waals surface area contributed by atoms with E-state index in [1.807, 2.05) is 37.2 Å². The highest BCUT2D eigenvalue weighted by atomic mass is 79.9. The number of nitrogens with one attached hydrogen (secondary N) is 1. The summed E-state index contributed by atoms with van der Waals surface area (Å²) in [6, 6.07) is 11.3. The summed E-state index contributed by atoms with van der Waals surface area (Å²) in [5, 5.41) is 14.8. The number of nitrogens with zero attached hydrogens (tertiary/aromatic N) is 3. The second-order valence-electron chi connectivity index (χ2n) is 5.08. The average Bonchev–Trinajstić information content (AvgIpc) is 2.54. The maximum absolute atomic E-state index is 12.0. The third kappa shape index (κ3) is 4.17. The molecule has 7 nitrogen and oxygen atoms in total. The molecule has 2 aromatic rings. The molecule has 2 aromatic carbocycles. The van der Waals surface area contributed by atoms with E-state index < -0.39 is 10.8 Å². The Bertz CT molecular complexity index is 806. The fourth-order valence-corrected chi connectivity index (χ4v) is 2.77. The van der Waals surface area contributed by atoms with Gasteiger partial charge in [-0.15, -0.1) is 0 Å². The van der Waals surface area contributed by atoms with E-state index in [1.165, 1.54) is 24.4 Å². The first-order chi connectivity index (χ1) is 11.4. The van der Waals surface area contributed by atoms with E-state index in [2.05, 4.69) is 26.5 Å². The van der Waals surface area contributed by atoms with E-state index in [0.717, 1.165) is 15.7 Å². The summed E-state index contributed by atoms with van der Waals surface area (Å²) in [7, 11) is 3.86. The van der Waals surface area contributed by atoms with Crippen LogP contribution in [0.15, 0.2) is 52.0 Å². The van der Waals surface area contributed by atoms with E-state index in [9.17, 15) is 14.9 Å². The lowest BCUT2D eigenvalue weighted by atomic mass is 10.2. The lowest BCUT2D eigenvalue weighted by Gasteiger charge is -2.14. The first-order valence-electron chi connectivity index (χ1n) is 6.94. The first-order valence-corrected chi connectivity index (χ1v) is 7.73. The van der Waals surface area contributed by atoms with E-state index in [4.69, 9.17) is 0 Å². The van der Waals surface area contributed by atoms with Crippen LogP contribution in [-0.2, 0) is 0 Å². The van der Waals surface area contributed by atoms with Gasteiger partial charge in [0.15, 0.2) is 0 Å². The maximum atomic E-state index is 12.0. The molecule has 124 valence electrons.